The van der Waals surface area contributed by atoms with Gasteiger partial charge in [-0.25, -0.2) is 4.98 Å². The van der Waals surface area contributed by atoms with Gasteiger partial charge in [0.15, 0.2) is 5.13 Å². The van der Waals surface area contributed by atoms with Crippen molar-refractivity contribution >= 4 is 22.2 Å². The fraction of sp³-hybridized carbons (Fsp3) is 0.118. The van der Waals surface area contributed by atoms with Crippen LogP contribution in [0.2, 0.25) is 0 Å². The molecule has 0 saturated heterocycles. The standard InChI is InChI=1S/C17H16N2O2S/c1-20-13-8-9-14(16(10-13)21-2)15-11-22-17(19-15)18-12-6-4-3-5-7-12/h3-11H,1-2H3,(H,18,19). The normalized spacial score (nSPS) is 10.3. The van der Waals surface area contributed by atoms with E-state index in [9.17, 15) is 0 Å². The first-order valence-corrected chi connectivity index (χ1v) is 7.68. The van der Waals surface area contributed by atoms with Crippen LogP contribution in [0.3, 0.4) is 0 Å². The Morgan fingerprint density at radius 2 is 1.82 bits per heavy atom. The molecule has 5 heteroatoms. The highest BCUT2D eigenvalue weighted by molar-refractivity contribution is 7.14. The monoisotopic (exact) mass is 312 g/mol. The Balaban J connectivity index is 1.87. The molecular weight excluding hydrogens is 296 g/mol. The second-order valence-corrected chi connectivity index (χ2v) is 5.45. The summed E-state index contributed by atoms with van der Waals surface area (Å²) >= 11 is 1.56. The van der Waals surface area contributed by atoms with Crippen molar-refractivity contribution in [3.63, 3.8) is 0 Å². The molecule has 0 radical (unpaired) electrons. The van der Waals surface area contributed by atoms with Crippen LogP contribution in [0, 0.1) is 0 Å². The average Bonchev–Trinajstić information content (AvgIpc) is 3.03. The molecule has 2 aromatic carbocycles. The van der Waals surface area contributed by atoms with E-state index < -0.39 is 0 Å². The van der Waals surface area contributed by atoms with Crippen molar-refractivity contribution in [2.45, 2.75) is 0 Å². The van der Waals surface area contributed by atoms with Gasteiger partial charge < -0.3 is 14.8 Å². The van der Waals surface area contributed by atoms with Gasteiger partial charge >= 0.3 is 0 Å². The third kappa shape index (κ3) is 3.04. The Hall–Kier alpha value is -2.53. The van der Waals surface area contributed by atoms with Crippen LogP contribution in [0.15, 0.2) is 53.9 Å². The van der Waals surface area contributed by atoms with Gasteiger partial charge in [0.05, 0.1) is 19.9 Å². The van der Waals surface area contributed by atoms with Gasteiger partial charge in [0.2, 0.25) is 0 Å². The Bertz CT molecular complexity index is 756. The number of methoxy groups -OCH3 is 2. The first-order chi connectivity index (χ1) is 10.8. The second-order valence-electron chi connectivity index (χ2n) is 4.60. The minimum atomic E-state index is 0.746. The molecule has 0 aliphatic heterocycles. The zero-order chi connectivity index (χ0) is 15.4. The lowest BCUT2D eigenvalue weighted by molar-refractivity contribution is 0.395. The maximum Gasteiger partial charge on any atom is 0.187 e. The predicted octanol–water partition coefficient (Wildman–Crippen LogP) is 4.57. The number of rotatable bonds is 5. The summed E-state index contributed by atoms with van der Waals surface area (Å²) in [6, 6.07) is 15.7. The van der Waals surface area contributed by atoms with E-state index in [0.717, 1.165) is 33.6 Å². The highest BCUT2D eigenvalue weighted by Gasteiger charge is 2.11. The smallest absolute Gasteiger partial charge is 0.187 e. The van der Waals surface area contributed by atoms with E-state index in [1.807, 2.05) is 53.9 Å². The number of aromatic nitrogens is 1. The molecular formula is C17H16N2O2S. The molecule has 3 rings (SSSR count). The molecule has 0 aliphatic carbocycles. The molecule has 0 saturated carbocycles. The minimum absolute atomic E-state index is 0.746. The molecule has 1 aromatic heterocycles. The number of benzene rings is 2. The topological polar surface area (TPSA) is 43.4 Å². The molecule has 0 amide bonds. The molecule has 0 bridgehead atoms. The van der Waals surface area contributed by atoms with Crippen molar-refractivity contribution in [3.05, 3.63) is 53.9 Å². The SMILES string of the molecule is COc1ccc(-c2csc(Nc3ccccc3)n2)c(OC)c1. The maximum absolute atomic E-state index is 5.43. The van der Waals surface area contributed by atoms with Crippen molar-refractivity contribution in [3.8, 4) is 22.8 Å². The summed E-state index contributed by atoms with van der Waals surface area (Å²) in [4.78, 5) is 4.63. The lowest BCUT2D eigenvalue weighted by atomic mass is 10.1. The summed E-state index contributed by atoms with van der Waals surface area (Å²) in [6.07, 6.45) is 0. The lowest BCUT2D eigenvalue weighted by Gasteiger charge is -2.08. The van der Waals surface area contributed by atoms with Gasteiger partial charge in [-0.3, -0.25) is 0 Å². The number of thiazole rings is 1. The van der Waals surface area contributed by atoms with E-state index in [2.05, 4.69) is 10.3 Å². The van der Waals surface area contributed by atoms with Gasteiger partial charge in [0, 0.05) is 22.7 Å². The van der Waals surface area contributed by atoms with Gasteiger partial charge in [-0.1, -0.05) is 18.2 Å². The predicted molar refractivity (Wildman–Crippen MR) is 90.4 cm³/mol. The van der Waals surface area contributed by atoms with Crippen LogP contribution < -0.4 is 14.8 Å². The van der Waals surface area contributed by atoms with Crippen LogP contribution in [0.1, 0.15) is 0 Å². The number of hydrogen-bond donors (Lipinski definition) is 1. The minimum Gasteiger partial charge on any atom is -0.497 e. The highest BCUT2D eigenvalue weighted by Crippen LogP contribution is 2.35. The lowest BCUT2D eigenvalue weighted by Crippen LogP contribution is -1.92. The van der Waals surface area contributed by atoms with Crippen molar-refractivity contribution < 1.29 is 9.47 Å². The highest BCUT2D eigenvalue weighted by atomic mass is 32.1. The van der Waals surface area contributed by atoms with Crippen molar-refractivity contribution in [2.24, 2.45) is 0 Å². The number of ether oxygens (including phenoxy) is 2. The summed E-state index contributed by atoms with van der Waals surface area (Å²) in [5.74, 6) is 1.51. The summed E-state index contributed by atoms with van der Waals surface area (Å²) in [5.41, 5.74) is 2.84. The van der Waals surface area contributed by atoms with E-state index in [0.29, 0.717) is 0 Å². The fourth-order valence-electron chi connectivity index (χ4n) is 2.11. The largest absolute Gasteiger partial charge is 0.497 e. The zero-order valence-corrected chi connectivity index (χ0v) is 13.2. The van der Waals surface area contributed by atoms with Crippen LogP contribution in [-0.4, -0.2) is 19.2 Å². The Labute approximate surface area is 133 Å². The van der Waals surface area contributed by atoms with Gasteiger partial charge in [-0.05, 0) is 24.3 Å². The van der Waals surface area contributed by atoms with Crippen LogP contribution in [0.4, 0.5) is 10.8 Å². The Morgan fingerprint density at radius 3 is 2.55 bits per heavy atom. The quantitative estimate of drug-likeness (QED) is 0.749. The van der Waals surface area contributed by atoms with Gasteiger partial charge in [0.1, 0.15) is 11.5 Å². The van der Waals surface area contributed by atoms with Crippen LogP contribution in [-0.2, 0) is 0 Å². The van der Waals surface area contributed by atoms with E-state index >= 15 is 0 Å². The third-order valence-electron chi connectivity index (χ3n) is 3.21. The second kappa shape index (κ2) is 6.49. The van der Waals surface area contributed by atoms with Gasteiger partial charge in [-0.2, -0.15) is 0 Å². The number of nitrogens with zero attached hydrogens (tertiary/aromatic N) is 1. The molecule has 0 atom stereocenters. The number of para-hydroxylation sites is 1. The summed E-state index contributed by atoms with van der Waals surface area (Å²) in [6.45, 7) is 0. The number of nitrogens with one attached hydrogen (secondary N) is 1. The molecule has 112 valence electrons. The fourth-order valence-corrected chi connectivity index (χ4v) is 2.84. The average molecular weight is 312 g/mol. The van der Waals surface area contributed by atoms with Crippen molar-refractivity contribution in [1.82, 2.24) is 4.98 Å². The number of hydrogen-bond acceptors (Lipinski definition) is 5. The van der Waals surface area contributed by atoms with Crippen LogP contribution >= 0.6 is 11.3 Å². The molecule has 1 heterocycles. The molecule has 0 fully saturated rings. The molecule has 0 spiro atoms. The molecule has 1 N–H and O–H groups in total. The molecule has 3 aromatic rings. The molecule has 4 nitrogen and oxygen atoms in total. The Kier molecular flexibility index (Phi) is 4.25. The first-order valence-electron chi connectivity index (χ1n) is 6.80. The maximum atomic E-state index is 5.43. The van der Waals surface area contributed by atoms with Crippen molar-refractivity contribution in [1.29, 1.82) is 0 Å². The summed E-state index contributed by atoms with van der Waals surface area (Å²) in [5, 5.41) is 6.15. The van der Waals surface area contributed by atoms with E-state index in [4.69, 9.17) is 9.47 Å². The third-order valence-corrected chi connectivity index (χ3v) is 3.97. The zero-order valence-electron chi connectivity index (χ0n) is 12.4. The van der Waals surface area contributed by atoms with Crippen LogP contribution in [0.25, 0.3) is 11.3 Å². The van der Waals surface area contributed by atoms with E-state index in [1.54, 1.807) is 25.6 Å². The van der Waals surface area contributed by atoms with E-state index in [1.165, 1.54) is 0 Å². The summed E-state index contributed by atoms with van der Waals surface area (Å²) < 4.78 is 10.7. The van der Waals surface area contributed by atoms with E-state index in [-0.39, 0.29) is 0 Å². The summed E-state index contributed by atoms with van der Waals surface area (Å²) in [7, 11) is 3.28. The van der Waals surface area contributed by atoms with Crippen LogP contribution in [0.5, 0.6) is 11.5 Å². The molecule has 22 heavy (non-hydrogen) atoms. The Morgan fingerprint density at radius 1 is 1.00 bits per heavy atom. The first kappa shape index (κ1) is 14.4. The van der Waals surface area contributed by atoms with Crippen molar-refractivity contribution in [2.75, 3.05) is 19.5 Å². The molecule has 0 aliphatic rings. The molecule has 0 unspecified atom stereocenters. The van der Waals surface area contributed by atoms with Gasteiger partial charge in [-0.15, -0.1) is 11.3 Å². The number of anilines is 2. The van der Waals surface area contributed by atoms with Gasteiger partial charge in [0.25, 0.3) is 0 Å².